The minimum atomic E-state index is 0.306. The molecule has 0 saturated heterocycles. The van der Waals surface area contributed by atoms with E-state index in [-0.39, 0.29) is 0 Å². The molecule has 1 heterocycles. The number of hydrogen-bond donors (Lipinski definition) is 1. The molecule has 0 saturated carbocycles. The van der Waals surface area contributed by atoms with Crippen LogP contribution in [0.2, 0.25) is 5.02 Å². The molecule has 0 amide bonds. The molecule has 0 spiro atoms. The van der Waals surface area contributed by atoms with Gasteiger partial charge in [0.1, 0.15) is 0 Å². The van der Waals surface area contributed by atoms with Crippen molar-refractivity contribution in [3.63, 3.8) is 0 Å². The first-order valence-electron chi connectivity index (χ1n) is 6.40. The molecule has 0 fully saturated rings. The maximum Gasteiger partial charge on any atom is 0.0438 e. The second-order valence-electron chi connectivity index (χ2n) is 4.48. The van der Waals surface area contributed by atoms with Gasteiger partial charge in [-0.05, 0) is 57.9 Å². The van der Waals surface area contributed by atoms with Crippen molar-refractivity contribution in [3.05, 3.63) is 55.6 Å². The molecule has 0 radical (unpaired) electrons. The summed E-state index contributed by atoms with van der Waals surface area (Å²) in [5.41, 5.74) is 2.51. The average Bonchev–Trinajstić information content (AvgIpc) is 2.83. The van der Waals surface area contributed by atoms with Gasteiger partial charge in [-0.3, -0.25) is 0 Å². The monoisotopic (exact) mass is 357 g/mol. The quantitative estimate of drug-likeness (QED) is 0.724. The SMILES string of the molecule is CCCNC(Cc1ccccc1Cl)c1cscc1Br. The third-order valence-corrected chi connectivity index (χ3v) is 5.16. The van der Waals surface area contributed by atoms with Gasteiger partial charge in [0.05, 0.1) is 0 Å². The second-order valence-corrected chi connectivity index (χ2v) is 6.48. The van der Waals surface area contributed by atoms with Crippen molar-refractivity contribution in [2.24, 2.45) is 0 Å². The molecule has 2 rings (SSSR count). The van der Waals surface area contributed by atoms with Gasteiger partial charge in [0.15, 0.2) is 0 Å². The zero-order chi connectivity index (χ0) is 13.7. The van der Waals surface area contributed by atoms with Gasteiger partial charge in [-0.2, -0.15) is 11.3 Å². The molecular formula is C15H17BrClNS. The summed E-state index contributed by atoms with van der Waals surface area (Å²) in [6.07, 6.45) is 2.04. The summed E-state index contributed by atoms with van der Waals surface area (Å²) < 4.78 is 1.18. The summed E-state index contributed by atoms with van der Waals surface area (Å²) >= 11 is 11.6. The fourth-order valence-electron chi connectivity index (χ4n) is 2.03. The fraction of sp³-hybridized carbons (Fsp3) is 0.333. The number of hydrogen-bond acceptors (Lipinski definition) is 2. The lowest BCUT2D eigenvalue weighted by atomic mass is 10.0. The first-order valence-corrected chi connectivity index (χ1v) is 8.52. The Balaban J connectivity index is 2.19. The molecule has 4 heteroatoms. The van der Waals surface area contributed by atoms with E-state index in [0.29, 0.717) is 6.04 Å². The smallest absolute Gasteiger partial charge is 0.0438 e. The molecule has 0 bridgehead atoms. The first-order chi connectivity index (χ1) is 9.22. The molecule has 1 atom stereocenters. The van der Waals surface area contributed by atoms with E-state index in [1.54, 1.807) is 11.3 Å². The second kappa shape index (κ2) is 7.44. The normalized spacial score (nSPS) is 12.6. The third kappa shape index (κ3) is 4.06. The Morgan fingerprint density at radius 1 is 1.32 bits per heavy atom. The Morgan fingerprint density at radius 2 is 2.11 bits per heavy atom. The average molecular weight is 359 g/mol. The Bertz CT molecular complexity index is 526. The molecule has 102 valence electrons. The number of benzene rings is 1. The molecule has 0 aliphatic rings. The molecule has 1 unspecified atom stereocenters. The van der Waals surface area contributed by atoms with E-state index in [1.165, 1.54) is 15.6 Å². The Hall–Kier alpha value is -0.350. The number of nitrogens with one attached hydrogen (secondary N) is 1. The molecule has 2 aromatic rings. The molecule has 1 nitrogen and oxygen atoms in total. The van der Waals surface area contributed by atoms with Crippen LogP contribution in [-0.2, 0) is 6.42 Å². The van der Waals surface area contributed by atoms with Gasteiger partial charge in [-0.1, -0.05) is 36.7 Å². The van der Waals surface area contributed by atoms with E-state index in [0.717, 1.165) is 24.4 Å². The molecule has 1 aromatic heterocycles. The molecule has 1 N–H and O–H groups in total. The standard InChI is InChI=1S/C15H17BrClNS/c1-2-7-18-15(12-9-19-10-13(12)16)8-11-5-3-4-6-14(11)17/h3-6,9-10,15,18H,2,7-8H2,1H3. The molecule has 19 heavy (non-hydrogen) atoms. The summed E-state index contributed by atoms with van der Waals surface area (Å²) in [6, 6.07) is 8.38. The van der Waals surface area contributed by atoms with E-state index < -0.39 is 0 Å². The van der Waals surface area contributed by atoms with Crippen molar-refractivity contribution in [3.8, 4) is 0 Å². The zero-order valence-electron chi connectivity index (χ0n) is 10.8. The van der Waals surface area contributed by atoms with Crippen LogP contribution in [0.5, 0.6) is 0 Å². The summed E-state index contributed by atoms with van der Waals surface area (Å²) in [4.78, 5) is 0. The summed E-state index contributed by atoms with van der Waals surface area (Å²) in [5.74, 6) is 0. The number of rotatable bonds is 6. The van der Waals surface area contributed by atoms with Gasteiger partial charge in [0.2, 0.25) is 0 Å². The van der Waals surface area contributed by atoms with Gasteiger partial charge in [-0.25, -0.2) is 0 Å². The van der Waals surface area contributed by atoms with Crippen LogP contribution in [0, 0.1) is 0 Å². The highest BCUT2D eigenvalue weighted by atomic mass is 79.9. The lowest BCUT2D eigenvalue weighted by Gasteiger charge is -2.19. The van der Waals surface area contributed by atoms with Gasteiger partial charge >= 0.3 is 0 Å². The maximum absolute atomic E-state index is 6.27. The highest BCUT2D eigenvalue weighted by Gasteiger charge is 2.16. The van der Waals surface area contributed by atoms with Gasteiger partial charge in [0, 0.05) is 20.9 Å². The number of halogens is 2. The van der Waals surface area contributed by atoms with Crippen molar-refractivity contribution in [1.29, 1.82) is 0 Å². The predicted octanol–water partition coefficient (Wildman–Crippen LogP) is 5.45. The van der Waals surface area contributed by atoms with E-state index in [2.05, 4.69) is 45.0 Å². The van der Waals surface area contributed by atoms with Crippen LogP contribution in [0.25, 0.3) is 0 Å². The van der Waals surface area contributed by atoms with E-state index in [9.17, 15) is 0 Å². The van der Waals surface area contributed by atoms with E-state index in [1.807, 2.05) is 18.2 Å². The lowest BCUT2D eigenvalue weighted by Crippen LogP contribution is -2.24. The van der Waals surface area contributed by atoms with Crippen molar-refractivity contribution in [2.75, 3.05) is 6.54 Å². The van der Waals surface area contributed by atoms with Crippen LogP contribution >= 0.6 is 38.9 Å². The molecule has 0 aliphatic carbocycles. The molecule has 1 aromatic carbocycles. The van der Waals surface area contributed by atoms with Gasteiger partial charge < -0.3 is 5.32 Å². The van der Waals surface area contributed by atoms with Crippen molar-refractivity contribution < 1.29 is 0 Å². The summed E-state index contributed by atoms with van der Waals surface area (Å²) in [7, 11) is 0. The topological polar surface area (TPSA) is 12.0 Å². The maximum atomic E-state index is 6.27. The lowest BCUT2D eigenvalue weighted by molar-refractivity contribution is 0.529. The minimum absolute atomic E-state index is 0.306. The Kier molecular flexibility index (Phi) is 5.89. The van der Waals surface area contributed by atoms with Crippen molar-refractivity contribution in [1.82, 2.24) is 5.32 Å². The molecular weight excluding hydrogens is 342 g/mol. The summed E-state index contributed by atoms with van der Waals surface area (Å²) in [6.45, 7) is 3.19. The van der Waals surface area contributed by atoms with Crippen LogP contribution in [0.4, 0.5) is 0 Å². The first kappa shape index (κ1) is 15.0. The van der Waals surface area contributed by atoms with Crippen LogP contribution in [0.1, 0.15) is 30.5 Å². The highest BCUT2D eigenvalue weighted by molar-refractivity contribution is 9.10. The van der Waals surface area contributed by atoms with Gasteiger partial charge in [0.25, 0.3) is 0 Å². The fourth-order valence-corrected chi connectivity index (χ4v) is 3.87. The van der Waals surface area contributed by atoms with Crippen molar-refractivity contribution >= 4 is 38.9 Å². The van der Waals surface area contributed by atoms with Crippen LogP contribution in [0.15, 0.2) is 39.5 Å². The Morgan fingerprint density at radius 3 is 2.74 bits per heavy atom. The largest absolute Gasteiger partial charge is 0.310 e. The zero-order valence-corrected chi connectivity index (χ0v) is 14.0. The van der Waals surface area contributed by atoms with Crippen LogP contribution < -0.4 is 5.32 Å². The molecule has 0 aliphatic heterocycles. The van der Waals surface area contributed by atoms with E-state index >= 15 is 0 Å². The third-order valence-electron chi connectivity index (χ3n) is 3.04. The van der Waals surface area contributed by atoms with Crippen LogP contribution in [-0.4, -0.2) is 6.54 Å². The predicted molar refractivity (Wildman–Crippen MR) is 88.2 cm³/mol. The highest BCUT2D eigenvalue weighted by Crippen LogP contribution is 2.31. The van der Waals surface area contributed by atoms with Crippen LogP contribution in [0.3, 0.4) is 0 Å². The summed E-state index contributed by atoms with van der Waals surface area (Å²) in [5, 5.41) is 8.78. The Labute approximate surface area is 132 Å². The van der Waals surface area contributed by atoms with Crippen molar-refractivity contribution in [2.45, 2.75) is 25.8 Å². The number of thiophene rings is 1. The van der Waals surface area contributed by atoms with Gasteiger partial charge in [-0.15, -0.1) is 0 Å². The minimum Gasteiger partial charge on any atom is -0.310 e. The van der Waals surface area contributed by atoms with E-state index in [4.69, 9.17) is 11.6 Å².